The van der Waals surface area contributed by atoms with E-state index in [1.807, 2.05) is 13.0 Å². The Kier molecular flexibility index (Phi) is 7.34. The maximum Gasteiger partial charge on any atom is 0.205 e. The van der Waals surface area contributed by atoms with Crippen molar-refractivity contribution in [2.45, 2.75) is 26.2 Å². The number of allylic oxidation sites excluding steroid dienone is 1. The number of aryl methyl sites for hydroxylation is 1. The molecule has 8 heteroatoms. The molecule has 0 bridgehead atoms. The third kappa shape index (κ3) is 5.06. The number of carbonyl (C=O) groups excluding carboxylic acids is 1. The van der Waals surface area contributed by atoms with Crippen LogP contribution in [0.25, 0.3) is 17.0 Å². The molecule has 1 fully saturated rings. The van der Waals surface area contributed by atoms with Crippen LogP contribution >= 0.6 is 0 Å². The Labute approximate surface area is 193 Å². The van der Waals surface area contributed by atoms with E-state index in [9.17, 15) is 4.79 Å². The zero-order valence-electron chi connectivity index (χ0n) is 19.5. The van der Waals surface area contributed by atoms with Gasteiger partial charge in [-0.1, -0.05) is 6.42 Å². The van der Waals surface area contributed by atoms with E-state index in [1.165, 1.54) is 25.3 Å². The van der Waals surface area contributed by atoms with Gasteiger partial charge in [0.25, 0.3) is 0 Å². The van der Waals surface area contributed by atoms with Gasteiger partial charge in [0.15, 0.2) is 17.1 Å². The van der Waals surface area contributed by atoms with Crippen molar-refractivity contribution >= 4 is 22.8 Å². The number of ketones is 1. The summed E-state index contributed by atoms with van der Waals surface area (Å²) in [5, 5.41) is 4.85. The summed E-state index contributed by atoms with van der Waals surface area (Å²) in [6.45, 7) is 5.87. The largest absolute Gasteiger partial charge is 0.492 e. The lowest BCUT2D eigenvalue weighted by Gasteiger charge is -2.26. The summed E-state index contributed by atoms with van der Waals surface area (Å²) < 4.78 is 25.3. The van der Waals surface area contributed by atoms with E-state index in [1.54, 1.807) is 43.6 Å². The minimum absolute atomic E-state index is 0.156. The van der Waals surface area contributed by atoms with Gasteiger partial charge in [0.2, 0.25) is 5.75 Å². The molecule has 0 saturated carbocycles. The zero-order valence-corrected chi connectivity index (χ0v) is 19.5. The van der Waals surface area contributed by atoms with Gasteiger partial charge in [0, 0.05) is 19.8 Å². The second-order valence-corrected chi connectivity index (χ2v) is 8.05. The summed E-state index contributed by atoms with van der Waals surface area (Å²) in [5.74, 6) is 1.45. The van der Waals surface area contributed by atoms with Gasteiger partial charge in [0.05, 0.1) is 42.7 Å². The summed E-state index contributed by atoms with van der Waals surface area (Å²) >= 11 is 0. The molecule has 0 radical (unpaired) electrons. The highest BCUT2D eigenvalue weighted by Gasteiger charge is 2.24. The fourth-order valence-corrected chi connectivity index (χ4v) is 4.18. The van der Waals surface area contributed by atoms with Crippen LogP contribution in [-0.4, -0.2) is 60.4 Å². The number of methoxy groups -OCH3 is 1. The molecule has 0 amide bonds. The number of benzene rings is 1. The molecule has 1 aromatic carbocycles. The van der Waals surface area contributed by atoms with E-state index in [4.69, 9.17) is 18.6 Å². The smallest absolute Gasteiger partial charge is 0.205 e. The molecule has 0 aliphatic carbocycles. The van der Waals surface area contributed by atoms with Crippen LogP contribution in [0.3, 0.4) is 0 Å². The average Bonchev–Trinajstić information content (AvgIpc) is 3.48. The molecule has 0 spiro atoms. The minimum atomic E-state index is -0.156. The van der Waals surface area contributed by atoms with Gasteiger partial charge in [-0.2, -0.15) is 5.10 Å². The lowest BCUT2D eigenvalue weighted by atomic mass is 10.1. The maximum absolute atomic E-state index is 12.7. The van der Waals surface area contributed by atoms with Gasteiger partial charge in [-0.25, -0.2) is 0 Å². The van der Waals surface area contributed by atoms with Crippen molar-refractivity contribution < 1.29 is 23.4 Å². The van der Waals surface area contributed by atoms with Crippen LogP contribution in [0.1, 0.15) is 42.1 Å². The van der Waals surface area contributed by atoms with Crippen LogP contribution in [0.4, 0.5) is 0 Å². The van der Waals surface area contributed by atoms with E-state index in [-0.39, 0.29) is 5.78 Å². The highest BCUT2D eigenvalue weighted by Crippen LogP contribution is 2.47. The van der Waals surface area contributed by atoms with Crippen LogP contribution in [0, 0.1) is 0 Å². The van der Waals surface area contributed by atoms with Crippen LogP contribution in [-0.2, 0) is 7.05 Å². The number of furan rings is 1. The van der Waals surface area contributed by atoms with E-state index >= 15 is 0 Å². The number of nitrogens with zero attached hydrogens (tertiary/aromatic N) is 3. The summed E-state index contributed by atoms with van der Waals surface area (Å²) in [6, 6.07) is 1.83. The zero-order chi connectivity index (χ0) is 23.2. The van der Waals surface area contributed by atoms with Gasteiger partial charge in [-0.3, -0.25) is 14.4 Å². The van der Waals surface area contributed by atoms with Gasteiger partial charge in [-0.15, -0.1) is 0 Å². The van der Waals surface area contributed by atoms with E-state index in [0.717, 1.165) is 25.0 Å². The highest BCUT2D eigenvalue weighted by atomic mass is 16.5. The fourth-order valence-electron chi connectivity index (χ4n) is 4.18. The van der Waals surface area contributed by atoms with Gasteiger partial charge in [0.1, 0.15) is 12.4 Å². The van der Waals surface area contributed by atoms with E-state index in [0.29, 0.717) is 47.2 Å². The molecular formula is C25H31N3O5. The number of ether oxygens (including phenoxy) is 3. The first-order chi connectivity index (χ1) is 16.1. The van der Waals surface area contributed by atoms with Crippen LogP contribution in [0.15, 0.2) is 35.2 Å². The topological polar surface area (TPSA) is 79.0 Å². The second-order valence-electron chi connectivity index (χ2n) is 8.05. The molecule has 4 rings (SSSR count). The monoisotopic (exact) mass is 453 g/mol. The molecule has 1 aliphatic heterocycles. The molecule has 8 nitrogen and oxygen atoms in total. The molecule has 3 heterocycles. The summed E-state index contributed by atoms with van der Waals surface area (Å²) in [6.07, 6.45) is 11.8. The van der Waals surface area contributed by atoms with Crippen molar-refractivity contribution in [3.63, 3.8) is 0 Å². The number of carbonyl (C=O) groups is 1. The van der Waals surface area contributed by atoms with Crippen molar-refractivity contribution in [2.24, 2.45) is 7.05 Å². The molecule has 0 N–H and O–H groups in total. The highest BCUT2D eigenvalue weighted by molar-refractivity contribution is 6.07. The van der Waals surface area contributed by atoms with Crippen molar-refractivity contribution in [2.75, 3.05) is 40.0 Å². The van der Waals surface area contributed by atoms with Gasteiger partial charge < -0.3 is 18.6 Å². The predicted octanol–water partition coefficient (Wildman–Crippen LogP) is 4.33. The molecular weight excluding hydrogens is 422 g/mol. The first-order valence-electron chi connectivity index (χ1n) is 11.4. The Morgan fingerprint density at radius 2 is 2.00 bits per heavy atom. The first kappa shape index (κ1) is 22.9. The fraction of sp³-hybridized carbons (Fsp3) is 0.440. The number of rotatable bonds is 10. The lowest BCUT2D eigenvalue weighted by Crippen LogP contribution is -2.33. The van der Waals surface area contributed by atoms with Gasteiger partial charge in [-0.05, 0) is 51.1 Å². The molecule has 0 unspecified atom stereocenters. The standard InChI is InChI=1S/C25H31N3O5/c1-4-31-22-19(8-9-21(29)18-16-26-27(2)17-18)23(25(30-3)24-20(22)10-14-32-24)33-15-13-28-11-6-5-7-12-28/h8-10,14,16-17H,4-7,11-13,15H2,1-3H3. The summed E-state index contributed by atoms with van der Waals surface area (Å²) in [4.78, 5) is 15.1. The number of fused-ring (bicyclic) bond motifs is 1. The lowest BCUT2D eigenvalue weighted by molar-refractivity contribution is 0.104. The number of hydrogen-bond donors (Lipinski definition) is 0. The Morgan fingerprint density at radius 1 is 1.18 bits per heavy atom. The minimum Gasteiger partial charge on any atom is -0.492 e. The van der Waals surface area contributed by atoms with Crippen molar-refractivity contribution in [1.82, 2.24) is 14.7 Å². The van der Waals surface area contributed by atoms with Crippen LogP contribution in [0.5, 0.6) is 17.2 Å². The first-order valence-corrected chi connectivity index (χ1v) is 11.4. The van der Waals surface area contributed by atoms with Crippen molar-refractivity contribution in [3.8, 4) is 17.2 Å². The molecule has 33 heavy (non-hydrogen) atoms. The Bertz CT molecular complexity index is 1120. The third-order valence-electron chi connectivity index (χ3n) is 5.80. The number of piperidine rings is 1. The summed E-state index contributed by atoms with van der Waals surface area (Å²) in [7, 11) is 3.36. The maximum atomic E-state index is 12.7. The molecule has 2 aromatic heterocycles. The normalized spacial score (nSPS) is 14.8. The Hall–Kier alpha value is -3.26. The quantitative estimate of drug-likeness (QED) is 0.334. The number of likely N-dealkylation sites (tertiary alicyclic amines) is 1. The molecule has 176 valence electrons. The average molecular weight is 454 g/mol. The van der Waals surface area contributed by atoms with Crippen molar-refractivity contribution in [3.05, 3.63) is 41.9 Å². The van der Waals surface area contributed by atoms with E-state index in [2.05, 4.69) is 10.00 Å². The third-order valence-corrected chi connectivity index (χ3v) is 5.80. The SMILES string of the molecule is CCOc1c(C=CC(=O)c2cnn(C)c2)c(OCCN2CCCCC2)c(OC)c2occc12. The van der Waals surface area contributed by atoms with Gasteiger partial charge >= 0.3 is 0 Å². The van der Waals surface area contributed by atoms with Crippen LogP contribution in [0.2, 0.25) is 0 Å². The summed E-state index contributed by atoms with van der Waals surface area (Å²) in [5.41, 5.74) is 1.72. The molecule has 0 atom stereocenters. The molecule has 1 aliphatic rings. The molecule has 1 saturated heterocycles. The Morgan fingerprint density at radius 3 is 2.70 bits per heavy atom. The Balaban J connectivity index is 1.70. The van der Waals surface area contributed by atoms with Crippen molar-refractivity contribution in [1.29, 1.82) is 0 Å². The predicted molar refractivity (Wildman–Crippen MR) is 126 cm³/mol. The molecule has 3 aromatic rings. The van der Waals surface area contributed by atoms with E-state index < -0.39 is 0 Å². The second kappa shape index (κ2) is 10.6. The number of aromatic nitrogens is 2. The van der Waals surface area contributed by atoms with Crippen LogP contribution < -0.4 is 14.2 Å². The number of hydrogen-bond acceptors (Lipinski definition) is 7.